The maximum absolute atomic E-state index is 13.5. The van der Waals surface area contributed by atoms with Gasteiger partial charge in [0.1, 0.15) is 17.0 Å². The molecular formula is C27H22N2O6. The standard InChI is InChI=1S/C27H22N2O6/c1-3-35-27(33)20(24(30)18-10-5-4-6-11-18)16-28-21-15-19(26(32)34-2)23-14-13-17-9-7-8-12-22(17)29(23)25(21)31/h4-16,30H,3H2,1-2H3/b24-20+,28-16?. The van der Waals surface area contributed by atoms with Gasteiger partial charge < -0.3 is 14.6 Å². The molecule has 0 unspecified atom stereocenters. The molecule has 8 nitrogen and oxygen atoms in total. The van der Waals surface area contributed by atoms with Crippen LogP contribution in [0.2, 0.25) is 0 Å². The van der Waals surface area contributed by atoms with Crippen LogP contribution in [0.4, 0.5) is 5.69 Å². The third kappa shape index (κ3) is 4.54. The lowest BCUT2D eigenvalue weighted by Crippen LogP contribution is -2.18. The summed E-state index contributed by atoms with van der Waals surface area (Å²) in [6.07, 6.45) is 1.07. The number of nitrogens with zero attached hydrogens (tertiary/aromatic N) is 2. The van der Waals surface area contributed by atoms with Crippen LogP contribution in [0.25, 0.3) is 22.2 Å². The molecule has 0 aliphatic carbocycles. The number of hydrogen-bond acceptors (Lipinski definition) is 7. The number of carbonyl (C=O) groups excluding carboxylic acids is 2. The normalized spacial score (nSPS) is 12.1. The Hall–Kier alpha value is -4.72. The summed E-state index contributed by atoms with van der Waals surface area (Å²) < 4.78 is 11.4. The molecule has 0 bridgehead atoms. The van der Waals surface area contributed by atoms with Crippen LogP contribution in [-0.4, -0.2) is 41.4 Å². The van der Waals surface area contributed by atoms with E-state index in [1.807, 2.05) is 12.1 Å². The highest BCUT2D eigenvalue weighted by Crippen LogP contribution is 2.23. The molecular weight excluding hydrogens is 448 g/mol. The lowest BCUT2D eigenvalue weighted by atomic mass is 10.1. The predicted octanol–water partition coefficient (Wildman–Crippen LogP) is 4.47. The molecule has 0 spiro atoms. The Kier molecular flexibility index (Phi) is 6.73. The van der Waals surface area contributed by atoms with Gasteiger partial charge in [0.05, 0.1) is 30.3 Å². The van der Waals surface area contributed by atoms with E-state index in [0.717, 1.165) is 11.6 Å². The van der Waals surface area contributed by atoms with Crippen molar-refractivity contribution in [2.45, 2.75) is 6.92 Å². The number of aliphatic imine (C=N–C) groups is 1. The molecule has 0 saturated heterocycles. The molecule has 1 N–H and O–H groups in total. The van der Waals surface area contributed by atoms with Crippen molar-refractivity contribution < 1.29 is 24.2 Å². The van der Waals surface area contributed by atoms with Crippen molar-refractivity contribution in [3.63, 3.8) is 0 Å². The van der Waals surface area contributed by atoms with Gasteiger partial charge >= 0.3 is 11.9 Å². The average molecular weight is 470 g/mol. The van der Waals surface area contributed by atoms with Gasteiger partial charge in [0.2, 0.25) is 0 Å². The first-order valence-electron chi connectivity index (χ1n) is 10.8. The summed E-state index contributed by atoms with van der Waals surface area (Å²) in [5.41, 5.74) is 0.556. The lowest BCUT2D eigenvalue weighted by Gasteiger charge is -2.11. The van der Waals surface area contributed by atoms with Gasteiger partial charge in [-0.05, 0) is 30.5 Å². The minimum atomic E-state index is -0.808. The largest absolute Gasteiger partial charge is 0.506 e. The molecule has 0 aliphatic rings. The summed E-state index contributed by atoms with van der Waals surface area (Å²) in [5, 5.41) is 11.5. The smallest absolute Gasteiger partial charge is 0.343 e. The highest BCUT2D eigenvalue weighted by Gasteiger charge is 2.19. The van der Waals surface area contributed by atoms with Crippen LogP contribution in [0.3, 0.4) is 0 Å². The van der Waals surface area contributed by atoms with Crippen molar-refractivity contribution in [2.24, 2.45) is 4.99 Å². The van der Waals surface area contributed by atoms with Gasteiger partial charge in [0.25, 0.3) is 5.56 Å². The fraction of sp³-hybridized carbons (Fsp3) is 0.111. The minimum absolute atomic E-state index is 0.0787. The summed E-state index contributed by atoms with van der Waals surface area (Å²) >= 11 is 0. The third-order valence-electron chi connectivity index (χ3n) is 5.35. The highest BCUT2D eigenvalue weighted by molar-refractivity contribution is 6.15. The number of para-hydroxylation sites is 1. The first-order chi connectivity index (χ1) is 17.0. The number of carbonyl (C=O) groups is 2. The number of fused-ring (bicyclic) bond motifs is 3. The molecule has 0 radical (unpaired) electrons. The first-order valence-corrected chi connectivity index (χ1v) is 10.8. The molecule has 8 heteroatoms. The second-order valence-electron chi connectivity index (χ2n) is 7.46. The number of benzene rings is 2. The molecule has 0 aliphatic heterocycles. The predicted molar refractivity (Wildman–Crippen MR) is 133 cm³/mol. The van der Waals surface area contributed by atoms with E-state index in [1.165, 1.54) is 17.6 Å². The van der Waals surface area contributed by atoms with E-state index >= 15 is 0 Å². The first kappa shape index (κ1) is 23.4. The number of aliphatic hydroxyl groups is 1. The number of pyridine rings is 2. The van der Waals surface area contributed by atoms with Gasteiger partial charge in [-0.1, -0.05) is 54.6 Å². The van der Waals surface area contributed by atoms with E-state index in [2.05, 4.69) is 4.99 Å². The summed E-state index contributed by atoms with van der Waals surface area (Å²) in [6, 6.07) is 20.4. The van der Waals surface area contributed by atoms with Crippen LogP contribution in [0.15, 0.2) is 88.2 Å². The van der Waals surface area contributed by atoms with Crippen LogP contribution in [-0.2, 0) is 14.3 Å². The van der Waals surface area contributed by atoms with Crippen molar-refractivity contribution >= 4 is 46.0 Å². The number of aromatic nitrogens is 1. The number of ether oxygens (including phenoxy) is 2. The Morgan fingerprint density at radius 2 is 1.71 bits per heavy atom. The number of hydrogen-bond donors (Lipinski definition) is 1. The Labute approximate surface area is 200 Å². The van der Waals surface area contributed by atoms with Crippen LogP contribution in [0.1, 0.15) is 22.8 Å². The molecule has 0 saturated carbocycles. The molecule has 0 amide bonds. The van der Waals surface area contributed by atoms with Crippen LogP contribution in [0.5, 0.6) is 0 Å². The van der Waals surface area contributed by atoms with E-state index in [1.54, 1.807) is 61.5 Å². The van der Waals surface area contributed by atoms with Crippen molar-refractivity contribution in [2.75, 3.05) is 13.7 Å². The molecule has 176 valence electrons. The fourth-order valence-electron chi connectivity index (χ4n) is 3.69. The van der Waals surface area contributed by atoms with Crippen molar-refractivity contribution in [1.29, 1.82) is 0 Å². The van der Waals surface area contributed by atoms with Gasteiger partial charge in [-0.3, -0.25) is 9.20 Å². The lowest BCUT2D eigenvalue weighted by molar-refractivity contribution is -0.137. The molecule has 35 heavy (non-hydrogen) atoms. The zero-order valence-corrected chi connectivity index (χ0v) is 19.1. The van der Waals surface area contributed by atoms with Crippen LogP contribution in [0, 0.1) is 0 Å². The van der Waals surface area contributed by atoms with Gasteiger partial charge in [-0.25, -0.2) is 14.6 Å². The second-order valence-corrected chi connectivity index (χ2v) is 7.46. The Bertz CT molecular complexity index is 1550. The molecule has 4 aromatic rings. The highest BCUT2D eigenvalue weighted by atomic mass is 16.5. The van der Waals surface area contributed by atoms with E-state index in [-0.39, 0.29) is 29.2 Å². The SMILES string of the molecule is CCOC(=O)/C(C=Nc1cc(C(=O)OC)c2ccc3ccccc3n2c1=O)=C(/O)c1ccccc1. The molecule has 0 fully saturated rings. The van der Waals surface area contributed by atoms with E-state index < -0.39 is 17.5 Å². The average Bonchev–Trinajstić information content (AvgIpc) is 2.89. The fourth-order valence-corrected chi connectivity index (χ4v) is 3.69. The maximum atomic E-state index is 13.5. The number of rotatable bonds is 6. The van der Waals surface area contributed by atoms with Crippen molar-refractivity contribution in [3.05, 3.63) is 99.9 Å². The van der Waals surface area contributed by atoms with E-state index in [9.17, 15) is 19.5 Å². The molecule has 2 aromatic carbocycles. The third-order valence-corrected chi connectivity index (χ3v) is 5.35. The number of methoxy groups -OCH3 is 1. The Morgan fingerprint density at radius 3 is 2.43 bits per heavy atom. The summed E-state index contributed by atoms with van der Waals surface area (Å²) in [7, 11) is 1.24. The summed E-state index contributed by atoms with van der Waals surface area (Å²) in [5.74, 6) is -1.81. The maximum Gasteiger partial charge on any atom is 0.343 e. The molecule has 2 aromatic heterocycles. The van der Waals surface area contributed by atoms with E-state index in [4.69, 9.17) is 9.47 Å². The van der Waals surface area contributed by atoms with E-state index in [0.29, 0.717) is 16.6 Å². The van der Waals surface area contributed by atoms with Crippen LogP contribution >= 0.6 is 0 Å². The molecule has 2 heterocycles. The van der Waals surface area contributed by atoms with Gasteiger partial charge in [0.15, 0.2) is 0 Å². The zero-order valence-electron chi connectivity index (χ0n) is 19.1. The molecule has 0 atom stereocenters. The topological polar surface area (TPSA) is 107 Å². The summed E-state index contributed by atoms with van der Waals surface area (Å²) in [4.78, 5) is 42.8. The molecule has 4 rings (SSSR count). The summed E-state index contributed by atoms with van der Waals surface area (Å²) in [6.45, 7) is 1.71. The Balaban J connectivity index is 1.96. The van der Waals surface area contributed by atoms with Gasteiger partial charge in [-0.15, -0.1) is 0 Å². The number of aliphatic hydroxyl groups excluding tert-OH is 1. The van der Waals surface area contributed by atoms with Crippen LogP contribution < -0.4 is 5.56 Å². The minimum Gasteiger partial charge on any atom is -0.506 e. The second kappa shape index (κ2) is 10.0. The number of esters is 2. The monoisotopic (exact) mass is 470 g/mol. The Morgan fingerprint density at radius 1 is 1.00 bits per heavy atom. The van der Waals surface area contributed by atoms with Crippen molar-refractivity contribution in [1.82, 2.24) is 4.40 Å². The van der Waals surface area contributed by atoms with Crippen molar-refractivity contribution in [3.8, 4) is 0 Å². The zero-order chi connectivity index (χ0) is 24.9. The van der Waals surface area contributed by atoms with Gasteiger partial charge in [-0.2, -0.15) is 0 Å². The quantitative estimate of drug-likeness (QED) is 0.146. The van der Waals surface area contributed by atoms with Gasteiger partial charge in [0, 0.05) is 11.8 Å².